The molecule has 1 rings (SSSR count). The van der Waals surface area contributed by atoms with Crippen LogP contribution in [0.1, 0.15) is 37.0 Å². The highest BCUT2D eigenvalue weighted by Gasteiger charge is 2.03. The highest BCUT2D eigenvalue weighted by atomic mass is 32.1. The highest BCUT2D eigenvalue weighted by Crippen LogP contribution is 2.08. The number of ketones is 1. The second-order valence-corrected chi connectivity index (χ2v) is 4.01. The van der Waals surface area contributed by atoms with Crippen LogP contribution in [-0.2, 0) is 0 Å². The van der Waals surface area contributed by atoms with E-state index >= 15 is 0 Å². The highest BCUT2D eigenvalue weighted by molar-refractivity contribution is 7.08. The van der Waals surface area contributed by atoms with Crippen LogP contribution in [0.3, 0.4) is 0 Å². The smallest absolute Gasteiger partial charge is 0.169 e. The number of aliphatic imine (C=N–C) groups is 1. The van der Waals surface area contributed by atoms with Gasteiger partial charge in [0.05, 0.1) is 0 Å². The van der Waals surface area contributed by atoms with Gasteiger partial charge in [-0.2, -0.15) is 11.3 Å². The first-order valence-electron chi connectivity index (χ1n) is 4.81. The van der Waals surface area contributed by atoms with Crippen LogP contribution in [0, 0.1) is 0 Å². The van der Waals surface area contributed by atoms with Crippen LogP contribution >= 0.6 is 11.3 Å². The van der Waals surface area contributed by atoms with Gasteiger partial charge in [-0.05, 0) is 24.8 Å². The molecule has 1 aromatic rings. The van der Waals surface area contributed by atoms with Crippen molar-refractivity contribution in [1.29, 1.82) is 0 Å². The van der Waals surface area contributed by atoms with Crippen molar-refractivity contribution < 1.29 is 4.79 Å². The third-order valence-electron chi connectivity index (χ3n) is 2.07. The third kappa shape index (κ3) is 3.42. The molecule has 0 radical (unpaired) electrons. The summed E-state index contributed by atoms with van der Waals surface area (Å²) in [6.07, 6.45) is 3.17. The first-order valence-corrected chi connectivity index (χ1v) is 5.75. The summed E-state index contributed by atoms with van der Waals surface area (Å²) in [6.45, 7) is 4.13. The van der Waals surface area contributed by atoms with E-state index in [1.165, 1.54) is 0 Å². The Morgan fingerprint density at radius 1 is 1.71 bits per heavy atom. The van der Waals surface area contributed by atoms with Gasteiger partial charge in [-0.15, -0.1) is 0 Å². The molecule has 0 bridgehead atoms. The summed E-state index contributed by atoms with van der Waals surface area (Å²) >= 11 is 1.55. The molecular weight excluding hydrogens is 194 g/mol. The maximum Gasteiger partial charge on any atom is 0.169 e. The summed E-state index contributed by atoms with van der Waals surface area (Å²) in [6, 6.07) is 2.18. The van der Waals surface area contributed by atoms with Crippen molar-refractivity contribution in [2.45, 2.75) is 32.7 Å². The number of Topliss-reactive ketones (excluding diaryl/α,β-unsaturated/α-hetero) is 1. The van der Waals surface area contributed by atoms with Crippen LogP contribution < -0.4 is 0 Å². The van der Waals surface area contributed by atoms with Gasteiger partial charge in [-0.25, -0.2) is 0 Å². The fourth-order valence-electron chi connectivity index (χ4n) is 0.962. The van der Waals surface area contributed by atoms with Crippen molar-refractivity contribution in [1.82, 2.24) is 0 Å². The van der Waals surface area contributed by atoms with Gasteiger partial charge >= 0.3 is 0 Å². The van der Waals surface area contributed by atoms with E-state index in [-0.39, 0.29) is 5.78 Å². The van der Waals surface area contributed by atoms with Crippen molar-refractivity contribution in [3.05, 3.63) is 22.4 Å². The lowest BCUT2D eigenvalue weighted by molar-refractivity contribution is 0.100. The number of carbonyl (C=O) groups is 1. The van der Waals surface area contributed by atoms with Gasteiger partial charge in [-0.1, -0.05) is 6.92 Å². The number of hydrogen-bond acceptors (Lipinski definition) is 3. The Balaban J connectivity index is 2.39. The predicted molar refractivity (Wildman–Crippen MR) is 61.5 cm³/mol. The van der Waals surface area contributed by atoms with E-state index in [1.807, 2.05) is 23.8 Å². The summed E-state index contributed by atoms with van der Waals surface area (Å²) in [5, 5.41) is 3.79. The monoisotopic (exact) mass is 209 g/mol. The first-order chi connectivity index (χ1) is 6.74. The third-order valence-corrected chi connectivity index (χ3v) is 2.75. The van der Waals surface area contributed by atoms with E-state index in [0.717, 1.165) is 12.0 Å². The van der Waals surface area contributed by atoms with Crippen LogP contribution in [0.2, 0.25) is 0 Å². The molecule has 0 aliphatic rings. The lowest BCUT2D eigenvalue weighted by atomic mass is 10.2. The van der Waals surface area contributed by atoms with Crippen LogP contribution in [0.15, 0.2) is 21.8 Å². The summed E-state index contributed by atoms with van der Waals surface area (Å²) in [5.41, 5.74) is 0.797. The second kappa shape index (κ2) is 5.70. The molecular formula is C11H15NOS. The Hall–Kier alpha value is -0.960. The fourth-order valence-corrected chi connectivity index (χ4v) is 1.62. The molecule has 0 amide bonds. The number of rotatable bonds is 5. The first kappa shape index (κ1) is 11.1. The topological polar surface area (TPSA) is 29.4 Å². The summed E-state index contributed by atoms with van der Waals surface area (Å²) in [4.78, 5) is 15.7. The Labute approximate surface area is 88.7 Å². The molecule has 2 nitrogen and oxygen atoms in total. The number of hydrogen-bond donors (Lipinski definition) is 0. The Kier molecular flexibility index (Phi) is 4.53. The quantitative estimate of drug-likeness (QED) is 0.541. The average molecular weight is 209 g/mol. The van der Waals surface area contributed by atoms with Crippen molar-refractivity contribution in [2.24, 2.45) is 4.99 Å². The predicted octanol–water partition coefficient (Wildman–Crippen LogP) is 3.19. The lowest BCUT2D eigenvalue weighted by Gasteiger charge is -1.98. The molecule has 1 aromatic heterocycles. The minimum Gasteiger partial charge on any atom is -0.294 e. The van der Waals surface area contributed by atoms with Crippen molar-refractivity contribution in [3.63, 3.8) is 0 Å². The average Bonchev–Trinajstić information content (AvgIpc) is 2.70. The second-order valence-electron chi connectivity index (χ2n) is 3.23. The Morgan fingerprint density at radius 3 is 3.07 bits per heavy atom. The van der Waals surface area contributed by atoms with Gasteiger partial charge in [0.1, 0.15) is 0 Å². The van der Waals surface area contributed by atoms with Crippen molar-refractivity contribution in [2.75, 3.05) is 0 Å². The molecule has 0 saturated carbocycles. The Morgan fingerprint density at radius 2 is 2.50 bits per heavy atom. The number of carbonyl (C=O) groups excluding carboxylic acids is 1. The van der Waals surface area contributed by atoms with E-state index < -0.39 is 0 Å². The van der Waals surface area contributed by atoms with E-state index in [2.05, 4.69) is 11.9 Å². The molecule has 0 saturated heterocycles. The molecule has 1 unspecified atom stereocenters. The number of nitrogens with zero attached hydrogens (tertiary/aromatic N) is 1. The summed E-state index contributed by atoms with van der Waals surface area (Å²) in [7, 11) is 0. The van der Waals surface area contributed by atoms with Gasteiger partial charge in [0.25, 0.3) is 0 Å². The van der Waals surface area contributed by atoms with Crippen LogP contribution in [0.4, 0.5) is 0 Å². The molecule has 14 heavy (non-hydrogen) atoms. The standard InChI is InChI=1S/C11H15NOS/c1-3-9(2)12-6-4-11(13)10-5-7-14-8-10/h5-9H,3-4H2,1-2H3. The van der Waals surface area contributed by atoms with Gasteiger partial charge in [0, 0.05) is 29.6 Å². The largest absolute Gasteiger partial charge is 0.294 e. The van der Waals surface area contributed by atoms with E-state index in [0.29, 0.717) is 12.5 Å². The summed E-state index contributed by atoms with van der Waals surface area (Å²) in [5.74, 6) is 0.151. The summed E-state index contributed by atoms with van der Waals surface area (Å²) < 4.78 is 0. The molecule has 1 heterocycles. The maximum absolute atomic E-state index is 11.5. The Bertz CT molecular complexity index is 303. The molecule has 0 fully saturated rings. The van der Waals surface area contributed by atoms with E-state index in [4.69, 9.17) is 0 Å². The lowest BCUT2D eigenvalue weighted by Crippen LogP contribution is -2.00. The van der Waals surface area contributed by atoms with Gasteiger partial charge < -0.3 is 0 Å². The molecule has 76 valence electrons. The SMILES string of the molecule is CCC(C)N=CCC(=O)c1ccsc1. The van der Waals surface area contributed by atoms with Crippen molar-refractivity contribution >= 4 is 23.3 Å². The van der Waals surface area contributed by atoms with E-state index in [9.17, 15) is 4.79 Å². The zero-order valence-electron chi connectivity index (χ0n) is 8.56. The zero-order valence-corrected chi connectivity index (χ0v) is 9.38. The molecule has 1 atom stereocenters. The van der Waals surface area contributed by atoms with Crippen molar-refractivity contribution in [3.8, 4) is 0 Å². The van der Waals surface area contributed by atoms with Gasteiger partial charge in [0.15, 0.2) is 5.78 Å². The van der Waals surface area contributed by atoms with Gasteiger partial charge in [-0.3, -0.25) is 9.79 Å². The minimum absolute atomic E-state index is 0.151. The zero-order chi connectivity index (χ0) is 10.4. The molecule has 0 aliphatic heterocycles. The normalized spacial score (nSPS) is 13.3. The molecule has 3 heteroatoms. The van der Waals surface area contributed by atoms with Crippen LogP contribution in [-0.4, -0.2) is 18.0 Å². The molecule has 0 aromatic carbocycles. The maximum atomic E-state index is 11.5. The van der Waals surface area contributed by atoms with Gasteiger partial charge in [0.2, 0.25) is 0 Å². The molecule has 0 N–H and O–H groups in total. The minimum atomic E-state index is 0.151. The van der Waals surface area contributed by atoms with Crippen LogP contribution in [0.5, 0.6) is 0 Å². The van der Waals surface area contributed by atoms with Crippen LogP contribution in [0.25, 0.3) is 0 Å². The molecule has 0 spiro atoms. The molecule has 0 aliphatic carbocycles. The fraction of sp³-hybridized carbons (Fsp3) is 0.455. The number of thiophene rings is 1. The van der Waals surface area contributed by atoms with E-state index in [1.54, 1.807) is 17.6 Å².